The first-order valence-electron chi connectivity index (χ1n) is 6.76. The molecule has 1 aromatic heterocycles. The zero-order valence-electron chi connectivity index (χ0n) is 11.8. The van der Waals surface area contributed by atoms with Crippen LogP contribution in [0.25, 0.3) is 11.0 Å². The Morgan fingerprint density at radius 1 is 1.19 bits per heavy atom. The number of hydrogen-bond donors (Lipinski definition) is 1. The summed E-state index contributed by atoms with van der Waals surface area (Å²) in [6.45, 7) is 0.653. The highest BCUT2D eigenvalue weighted by Gasteiger charge is 2.08. The fraction of sp³-hybridized carbons (Fsp3) is 0.188. The molecule has 3 aromatic rings. The molecule has 0 atom stereocenters. The average molecular weight is 299 g/mol. The lowest BCUT2D eigenvalue weighted by molar-refractivity contribution is 0.344. The van der Waals surface area contributed by atoms with Gasteiger partial charge < -0.3 is 15.0 Å². The number of nitrogens with two attached hydrogens (primary N) is 1. The van der Waals surface area contributed by atoms with E-state index in [2.05, 4.69) is 9.55 Å². The van der Waals surface area contributed by atoms with Crippen LogP contribution in [0, 0.1) is 0 Å². The van der Waals surface area contributed by atoms with Crippen LogP contribution in [-0.2, 0) is 7.05 Å². The van der Waals surface area contributed by atoms with Gasteiger partial charge in [0.2, 0.25) is 0 Å². The summed E-state index contributed by atoms with van der Waals surface area (Å²) >= 11 is 1.68. The van der Waals surface area contributed by atoms with Gasteiger partial charge in [-0.2, -0.15) is 0 Å². The first kappa shape index (κ1) is 13.8. The van der Waals surface area contributed by atoms with Crippen LogP contribution in [0.3, 0.4) is 0 Å². The van der Waals surface area contributed by atoms with E-state index in [1.807, 2.05) is 55.6 Å². The number of imidazole rings is 1. The number of fused-ring (bicyclic) bond motifs is 1. The minimum atomic E-state index is 0.653. The molecule has 0 unspecified atom stereocenters. The third-order valence-electron chi connectivity index (χ3n) is 3.19. The van der Waals surface area contributed by atoms with Crippen LogP contribution in [0.4, 0.5) is 5.69 Å². The Bertz CT molecular complexity index is 740. The molecule has 2 N–H and O–H groups in total. The number of anilines is 1. The Kier molecular flexibility index (Phi) is 4.01. The summed E-state index contributed by atoms with van der Waals surface area (Å²) in [5, 5.41) is 0.979. The Balaban J connectivity index is 1.62. The van der Waals surface area contributed by atoms with Gasteiger partial charge in [-0.3, -0.25) is 0 Å². The van der Waals surface area contributed by atoms with Crippen LogP contribution in [0.15, 0.2) is 53.7 Å². The lowest BCUT2D eigenvalue weighted by Crippen LogP contribution is -2.01. The molecule has 108 valence electrons. The van der Waals surface area contributed by atoms with Crippen LogP contribution >= 0.6 is 11.8 Å². The maximum Gasteiger partial charge on any atom is 0.168 e. The third-order valence-corrected chi connectivity index (χ3v) is 4.18. The molecule has 0 fully saturated rings. The minimum absolute atomic E-state index is 0.653. The average Bonchev–Trinajstić information content (AvgIpc) is 2.80. The molecule has 0 amide bonds. The van der Waals surface area contributed by atoms with Crippen molar-refractivity contribution in [3.05, 3.63) is 48.5 Å². The molecule has 0 aliphatic heterocycles. The highest BCUT2D eigenvalue weighted by atomic mass is 32.2. The van der Waals surface area contributed by atoms with Crippen molar-refractivity contribution in [1.29, 1.82) is 0 Å². The smallest absolute Gasteiger partial charge is 0.168 e. The first-order valence-corrected chi connectivity index (χ1v) is 7.75. The molecular weight excluding hydrogens is 282 g/mol. The predicted octanol–water partition coefficient (Wildman–Crippen LogP) is 3.33. The van der Waals surface area contributed by atoms with Crippen LogP contribution in [-0.4, -0.2) is 21.9 Å². The quantitative estimate of drug-likeness (QED) is 0.446. The van der Waals surface area contributed by atoms with Crippen molar-refractivity contribution >= 4 is 28.5 Å². The topological polar surface area (TPSA) is 53.1 Å². The van der Waals surface area contributed by atoms with Crippen molar-refractivity contribution in [2.24, 2.45) is 7.05 Å². The molecule has 2 aromatic carbocycles. The number of hydrogen-bond acceptors (Lipinski definition) is 4. The molecule has 0 bridgehead atoms. The van der Waals surface area contributed by atoms with Gasteiger partial charge in [-0.25, -0.2) is 4.98 Å². The molecule has 0 radical (unpaired) electrons. The number of aryl methyl sites for hydroxylation is 1. The van der Waals surface area contributed by atoms with Gasteiger partial charge in [-0.15, -0.1) is 0 Å². The molecule has 0 saturated carbocycles. The maximum absolute atomic E-state index is 5.79. The standard InChI is InChI=1S/C16H17N3OS/c1-19-15-8-7-12(17)11-14(15)18-16(19)21-10-9-20-13-5-3-2-4-6-13/h2-8,11H,9-10,17H2,1H3. The van der Waals surface area contributed by atoms with E-state index in [-0.39, 0.29) is 0 Å². The second kappa shape index (κ2) is 6.10. The Morgan fingerprint density at radius 3 is 2.81 bits per heavy atom. The van der Waals surface area contributed by atoms with E-state index in [4.69, 9.17) is 10.5 Å². The molecular formula is C16H17N3OS. The van der Waals surface area contributed by atoms with E-state index in [1.54, 1.807) is 11.8 Å². The van der Waals surface area contributed by atoms with Gasteiger partial charge in [-0.1, -0.05) is 30.0 Å². The summed E-state index contributed by atoms with van der Waals surface area (Å²) in [6.07, 6.45) is 0. The van der Waals surface area contributed by atoms with Gasteiger partial charge in [0, 0.05) is 18.5 Å². The number of thioether (sulfide) groups is 1. The van der Waals surface area contributed by atoms with Gasteiger partial charge in [0.25, 0.3) is 0 Å². The third kappa shape index (κ3) is 3.13. The van der Waals surface area contributed by atoms with E-state index >= 15 is 0 Å². The summed E-state index contributed by atoms with van der Waals surface area (Å²) in [5.74, 6) is 1.75. The van der Waals surface area contributed by atoms with Gasteiger partial charge in [-0.05, 0) is 30.3 Å². The van der Waals surface area contributed by atoms with Crippen molar-refractivity contribution in [2.45, 2.75) is 5.16 Å². The number of nitrogen functional groups attached to an aromatic ring is 1. The predicted molar refractivity (Wildman–Crippen MR) is 87.8 cm³/mol. The van der Waals surface area contributed by atoms with Crippen LogP contribution < -0.4 is 10.5 Å². The second-order valence-corrected chi connectivity index (χ2v) is 5.77. The molecule has 4 nitrogen and oxygen atoms in total. The van der Waals surface area contributed by atoms with E-state index < -0.39 is 0 Å². The maximum atomic E-state index is 5.79. The molecule has 0 saturated heterocycles. The van der Waals surface area contributed by atoms with Crippen molar-refractivity contribution in [3.8, 4) is 5.75 Å². The summed E-state index contributed by atoms with van der Waals surface area (Å²) in [5.41, 5.74) is 8.56. The molecule has 3 rings (SSSR count). The molecule has 5 heteroatoms. The SMILES string of the molecule is Cn1c(SCCOc2ccccc2)nc2cc(N)ccc21. The van der Waals surface area contributed by atoms with Gasteiger partial charge in [0.15, 0.2) is 5.16 Å². The lowest BCUT2D eigenvalue weighted by Gasteiger charge is -2.05. The number of nitrogens with zero attached hydrogens (tertiary/aromatic N) is 2. The summed E-state index contributed by atoms with van der Waals surface area (Å²) in [7, 11) is 2.02. The Labute approximate surface area is 127 Å². The fourth-order valence-electron chi connectivity index (χ4n) is 2.13. The number of rotatable bonds is 5. The van der Waals surface area contributed by atoms with Crippen LogP contribution in [0.1, 0.15) is 0 Å². The first-order chi connectivity index (χ1) is 10.2. The largest absolute Gasteiger partial charge is 0.493 e. The molecule has 0 aliphatic rings. The zero-order valence-corrected chi connectivity index (χ0v) is 12.6. The van der Waals surface area contributed by atoms with Crippen molar-refractivity contribution in [2.75, 3.05) is 18.1 Å². The number of aromatic nitrogens is 2. The van der Waals surface area contributed by atoms with Crippen molar-refractivity contribution in [1.82, 2.24) is 9.55 Å². The number of benzene rings is 2. The Morgan fingerprint density at radius 2 is 2.00 bits per heavy atom. The monoisotopic (exact) mass is 299 g/mol. The summed E-state index contributed by atoms with van der Waals surface area (Å²) < 4.78 is 7.77. The van der Waals surface area contributed by atoms with Crippen molar-refractivity contribution < 1.29 is 4.74 Å². The van der Waals surface area contributed by atoms with E-state index in [0.29, 0.717) is 6.61 Å². The zero-order chi connectivity index (χ0) is 14.7. The number of para-hydroxylation sites is 1. The Hall–Kier alpha value is -2.14. The normalized spacial score (nSPS) is 10.9. The van der Waals surface area contributed by atoms with Crippen molar-refractivity contribution in [3.63, 3.8) is 0 Å². The van der Waals surface area contributed by atoms with Gasteiger partial charge >= 0.3 is 0 Å². The minimum Gasteiger partial charge on any atom is -0.493 e. The van der Waals surface area contributed by atoms with Gasteiger partial charge in [0.1, 0.15) is 5.75 Å². The highest BCUT2D eigenvalue weighted by Crippen LogP contribution is 2.24. The number of ether oxygens (including phenoxy) is 1. The van der Waals surface area contributed by atoms with Crippen LogP contribution in [0.2, 0.25) is 0 Å². The molecule has 21 heavy (non-hydrogen) atoms. The highest BCUT2D eigenvalue weighted by molar-refractivity contribution is 7.99. The second-order valence-electron chi connectivity index (χ2n) is 4.71. The summed E-state index contributed by atoms with van der Waals surface area (Å²) in [4.78, 5) is 4.61. The van der Waals surface area contributed by atoms with E-state index in [0.717, 1.165) is 33.4 Å². The molecule has 1 heterocycles. The lowest BCUT2D eigenvalue weighted by atomic mass is 10.3. The van der Waals surface area contributed by atoms with E-state index in [9.17, 15) is 0 Å². The van der Waals surface area contributed by atoms with Gasteiger partial charge in [0.05, 0.1) is 17.6 Å². The molecule has 0 spiro atoms. The van der Waals surface area contributed by atoms with Crippen LogP contribution in [0.5, 0.6) is 5.75 Å². The fourth-order valence-corrected chi connectivity index (χ4v) is 2.94. The molecule has 0 aliphatic carbocycles. The summed E-state index contributed by atoms with van der Waals surface area (Å²) in [6, 6.07) is 15.6. The van der Waals surface area contributed by atoms with E-state index in [1.165, 1.54) is 0 Å².